The van der Waals surface area contributed by atoms with Crippen molar-refractivity contribution >= 4 is 27.3 Å². The third-order valence-electron chi connectivity index (χ3n) is 4.69. The summed E-state index contributed by atoms with van der Waals surface area (Å²) in [6, 6.07) is 11.8. The maximum Gasteiger partial charge on any atom is 0.261 e. The second-order valence-corrected chi connectivity index (χ2v) is 9.16. The predicted molar refractivity (Wildman–Crippen MR) is 112 cm³/mol. The van der Waals surface area contributed by atoms with Crippen LogP contribution in [0, 0.1) is 6.92 Å². The Morgan fingerprint density at radius 3 is 2.29 bits per heavy atom. The number of nitrogens with zero attached hydrogens (tertiary/aromatic N) is 1. The smallest absolute Gasteiger partial charge is 0.261 e. The molecule has 1 aliphatic heterocycles. The fourth-order valence-corrected chi connectivity index (χ4v) is 4.34. The van der Waals surface area contributed by atoms with Crippen LogP contribution in [0.25, 0.3) is 0 Å². The summed E-state index contributed by atoms with van der Waals surface area (Å²) in [6.45, 7) is 7.50. The number of carbonyl (C=O) groups is 1. The molecule has 7 heteroatoms. The van der Waals surface area contributed by atoms with Crippen molar-refractivity contribution in [2.24, 2.45) is 0 Å². The van der Waals surface area contributed by atoms with Crippen molar-refractivity contribution in [1.82, 2.24) is 5.32 Å². The number of carbonyl (C=O) groups excluding carboxylic acids is 1. The first-order chi connectivity index (χ1) is 13.3. The van der Waals surface area contributed by atoms with Crippen molar-refractivity contribution in [2.75, 3.05) is 22.7 Å². The molecular formula is C21H27N3O3S. The van der Waals surface area contributed by atoms with E-state index in [1.165, 1.54) is 0 Å². The van der Waals surface area contributed by atoms with E-state index in [1.54, 1.807) is 36.4 Å². The van der Waals surface area contributed by atoms with Crippen LogP contribution in [-0.4, -0.2) is 33.5 Å². The van der Waals surface area contributed by atoms with Gasteiger partial charge in [-0.2, -0.15) is 0 Å². The molecule has 1 aliphatic rings. The van der Waals surface area contributed by atoms with Crippen LogP contribution in [0.3, 0.4) is 0 Å². The fraction of sp³-hybridized carbons (Fsp3) is 0.381. The minimum Gasteiger partial charge on any atom is -0.371 e. The van der Waals surface area contributed by atoms with Crippen LogP contribution in [0.5, 0.6) is 0 Å². The van der Waals surface area contributed by atoms with E-state index in [0.717, 1.165) is 37.2 Å². The molecule has 0 spiro atoms. The van der Waals surface area contributed by atoms with Crippen molar-refractivity contribution in [3.63, 3.8) is 0 Å². The van der Waals surface area contributed by atoms with Gasteiger partial charge in [0.25, 0.3) is 15.9 Å². The normalized spacial score (nSPS) is 14.4. The van der Waals surface area contributed by atoms with Gasteiger partial charge in [-0.15, -0.1) is 0 Å². The Morgan fingerprint density at radius 1 is 1.04 bits per heavy atom. The molecule has 3 rings (SSSR count). The molecule has 28 heavy (non-hydrogen) atoms. The van der Waals surface area contributed by atoms with Gasteiger partial charge in [0, 0.05) is 30.5 Å². The summed E-state index contributed by atoms with van der Waals surface area (Å²) in [7, 11) is -3.72. The van der Waals surface area contributed by atoms with Gasteiger partial charge in [0.2, 0.25) is 0 Å². The molecule has 150 valence electrons. The Kier molecular flexibility index (Phi) is 5.93. The van der Waals surface area contributed by atoms with Crippen LogP contribution < -0.4 is 14.9 Å². The van der Waals surface area contributed by atoms with Gasteiger partial charge in [-0.25, -0.2) is 8.42 Å². The molecule has 2 aromatic carbocycles. The average molecular weight is 402 g/mol. The number of anilines is 2. The van der Waals surface area contributed by atoms with E-state index in [0.29, 0.717) is 11.3 Å². The molecule has 2 aromatic rings. The Balaban J connectivity index is 1.93. The van der Waals surface area contributed by atoms with Gasteiger partial charge in [0.15, 0.2) is 0 Å². The minimum atomic E-state index is -3.72. The largest absolute Gasteiger partial charge is 0.371 e. The summed E-state index contributed by atoms with van der Waals surface area (Å²) in [5.74, 6) is -0.201. The Bertz CT molecular complexity index is 947. The van der Waals surface area contributed by atoms with Gasteiger partial charge in [0.1, 0.15) is 0 Å². The maximum atomic E-state index is 12.7. The van der Waals surface area contributed by atoms with E-state index in [-0.39, 0.29) is 16.8 Å². The number of rotatable bonds is 6. The second kappa shape index (κ2) is 8.22. The van der Waals surface area contributed by atoms with E-state index in [4.69, 9.17) is 0 Å². The topological polar surface area (TPSA) is 78.5 Å². The molecule has 0 aromatic heterocycles. The zero-order valence-electron chi connectivity index (χ0n) is 16.5. The number of amides is 1. The third-order valence-corrected chi connectivity index (χ3v) is 6.09. The van der Waals surface area contributed by atoms with Gasteiger partial charge in [-0.05, 0) is 63.9 Å². The van der Waals surface area contributed by atoms with Gasteiger partial charge in [-0.1, -0.05) is 17.7 Å². The summed E-state index contributed by atoms with van der Waals surface area (Å²) < 4.78 is 28.0. The van der Waals surface area contributed by atoms with Gasteiger partial charge in [0.05, 0.1) is 10.5 Å². The van der Waals surface area contributed by atoms with E-state index in [9.17, 15) is 13.2 Å². The van der Waals surface area contributed by atoms with E-state index < -0.39 is 10.0 Å². The molecule has 0 unspecified atom stereocenters. The Hall–Kier alpha value is -2.54. The van der Waals surface area contributed by atoms with E-state index in [1.807, 2.05) is 26.8 Å². The molecule has 6 nitrogen and oxygen atoms in total. The van der Waals surface area contributed by atoms with Gasteiger partial charge >= 0.3 is 0 Å². The zero-order valence-corrected chi connectivity index (χ0v) is 17.3. The molecular weight excluding hydrogens is 374 g/mol. The molecule has 2 N–H and O–H groups in total. The van der Waals surface area contributed by atoms with Gasteiger partial charge < -0.3 is 10.2 Å². The molecule has 0 aliphatic carbocycles. The summed E-state index contributed by atoms with van der Waals surface area (Å²) >= 11 is 0. The summed E-state index contributed by atoms with van der Waals surface area (Å²) in [5.41, 5.74) is 2.69. The van der Waals surface area contributed by atoms with Crippen molar-refractivity contribution < 1.29 is 13.2 Å². The number of hydrogen-bond donors (Lipinski definition) is 2. The van der Waals surface area contributed by atoms with E-state index in [2.05, 4.69) is 14.9 Å². The first-order valence-electron chi connectivity index (χ1n) is 9.55. The third kappa shape index (κ3) is 4.65. The molecule has 1 saturated heterocycles. The number of sulfonamides is 1. The lowest BCUT2D eigenvalue weighted by molar-refractivity contribution is 0.0943. The lowest BCUT2D eigenvalue weighted by atomic mass is 10.1. The number of aryl methyl sites for hydroxylation is 1. The SMILES string of the molecule is Cc1ccc(S(=O)(=O)Nc2ccc(N3CCCC3)c(C(=O)NC(C)C)c2)cc1. The molecule has 1 amide bonds. The van der Waals surface area contributed by atoms with Crippen molar-refractivity contribution in [3.8, 4) is 0 Å². The maximum absolute atomic E-state index is 12.7. The van der Waals surface area contributed by atoms with Crippen LogP contribution in [0.15, 0.2) is 47.4 Å². The second-order valence-electron chi connectivity index (χ2n) is 7.47. The van der Waals surface area contributed by atoms with Crippen LogP contribution in [0.4, 0.5) is 11.4 Å². The van der Waals surface area contributed by atoms with Gasteiger partial charge in [-0.3, -0.25) is 9.52 Å². The number of hydrogen-bond acceptors (Lipinski definition) is 4. The highest BCUT2D eigenvalue weighted by Gasteiger charge is 2.22. The molecule has 0 bridgehead atoms. The van der Waals surface area contributed by atoms with E-state index >= 15 is 0 Å². The monoisotopic (exact) mass is 401 g/mol. The predicted octanol–water partition coefficient (Wildman–Crippen LogP) is 3.53. The van der Waals surface area contributed by atoms with Crippen molar-refractivity contribution in [1.29, 1.82) is 0 Å². The lowest BCUT2D eigenvalue weighted by Gasteiger charge is -2.22. The molecule has 0 atom stereocenters. The van der Waals surface area contributed by atoms with Crippen LogP contribution in [0.1, 0.15) is 42.6 Å². The molecule has 1 heterocycles. The van der Waals surface area contributed by atoms with Crippen LogP contribution in [-0.2, 0) is 10.0 Å². The Labute approximate surface area is 167 Å². The first-order valence-corrected chi connectivity index (χ1v) is 11.0. The fourth-order valence-electron chi connectivity index (χ4n) is 3.29. The first kappa shape index (κ1) is 20.2. The van der Waals surface area contributed by atoms with Crippen LogP contribution in [0.2, 0.25) is 0 Å². The van der Waals surface area contributed by atoms with Crippen molar-refractivity contribution in [2.45, 2.75) is 44.6 Å². The highest BCUT2D eigenvalue weighted by Crippen LogP contribution is 2.28. The molecule has 0 radical (unpaired) electrons. The average Bonchev–Trinajstić information content (AvgIpc) is 3.15. The Morgan fingerprint density at radius 2 is 1.68 bits per heavy atom. The summed E-state index contributed by atoms with van der Waals surface area (Å²) in [5, 5.41) is 2.91. The lowest BCUT2D eigenvalue weighted by Crippen LogP contribution is -2.32. The standard InChI is InChI=1S/C21H27N3O3S/c1-15(2)22-21(25)19-14-17(8-11-20(19)24-12-4-5-13-24)23-28(26,27)18-9-6-16(3)7-10-18/h6-11,14-15,23H,4-5,12-13H2,1-3H3,(H,22,25). The number of benzene rings is 2. The van der Waals surface area contributed by atoms with Crippen LogP contribution >= 0.6 is 0 Å². The molecule has 1 fully saturated rings. The highest BCUT2D eigenvalue weighted by molar-refractivity contribution is 7.92. The number of nitrogens with one attached hydrogen (secondary N) is 2. The summed E-state index contributed by atoms with van der Waals surface area (Å²) in [6.07, 6.45) is 2.18. The quantitative estimate of drug-likeness (QED) is 0.776. The minimum absolute atomic E-state index is 0.00756. The van der Waals surface area contributed by atoms with Crippen molar-refractivity contribution in [3.05, 3.63) is 53.6 Å². The molecule has 0 saturated carbocycles. The highest BCUT2D eigenvalue weighted by atomic mass is 32.2. The summed E-state index contributed by atoms with van der Waals surface area (Å²) in [4.78, 5) is 15.1. The zero-order chi connectivity index (χ0) is 20.3.